The van der Waals surface area contributed by atoms with Gasteiger partial charge < -0.3 is 0 Å². The first kappa shape index (κ1) is 13.0. The third-order valence-electron chi connectivity index (χ3n) is 3.32. The molecule has 6 heteroatoms. The minimum absolute atomic E-state index is 0.715. The lowest BCUT2D eigenvalue weighted by atomic mass is 10.1. The van der Waals surface area contributed by atoms with E-state index >= 15 is 0 Å². The maximum atomic E-state index is 11.5. The van der Waals surface area contributed by atoms with Crippen LogP contribution in [0.4, 0.5) is 0 Å². The van der Waals surface area contributed by atoms with Crippen LogP contribution in [0.25, 0.3) is 5.69 Å². The van der Waals surface area contributed by atoms with E-state index in [1.165, 1.54) is 11.3 Å². The Bertz CT molecular complexity index is 641. The second kappa shape index (κ2) is 5.19. The van der Waals surface area contributed by atoms with Crippen LogP contribution in [0.5, 0.6) is 0 Å². The van der Waals surface area contributed by atoms with Crippen molar-refractivity contribution in [3.05, 3.63) is 46.2 Å². The fraction of sp³-hybridized carbons (Fsp3) is 0.308. The Labute approximate surface area is 123 Å². The summed E-state index contributed by atoms with van der Waals surface area (Å²) in [5.74, 6) is 0. The summed E-state index contributed by atoms with van der Waals surface area (Å²) in [5, 5.41) is 4.47. The van der Waals surface area contributed by atoms with E-state index in [1.54, 1.807) is 6.26 Å². The van der Waals surface area contributed by atoms with E-state index in [1.807, 2.05) is 33.4 Å². The van der Waals surface area contributed by atoms with Crippen molar-refractivity contribution in [2.75, 3.05) is 12.8 Å². The Morgan fingerprint density at radius 3 is 3.00 bits per heavy atom. The fourth-order valence-corrected chi connectivity index (χ4v) is 3.41. The number of fused-ring (bicyclic) bond motifs is 1. The molecule has 1 aromatic heterocycles. The van der Waals surface area contributed by atoms with Gasteiger partial charge in [0.05, 0.1) is 28.6 Å². The van der Waals surface area contributed by atoms with Crippen molar-refractivity contribution >= 4 is 26.9 Å². The smallest absolute Gasteiger partial charge is 0.0914 e. The van der Waals surface area contributed by atoms with Crippen LogP contribution in [0, 0.1) is 0 Å². The molecule has 3 rings (SSSR count). The number of nitrogens with zero attached hydrogens (tertiary/aromatic N) is 3. The van der Waals surface area contributed by atoms with Crippen LogP contribution in [0.3, 0.4) is 0 Å². The van der Waals surface area contributed by atoms with Crippen LogP contribution in [0.2, 0.25) is 0 Å². The zero-order valence-corrected chi connectivity index (χ0v) is 12.9. The average Bonchev–Trinajstić information content (AvgIpc) is 2.81. The first-order valence-corrected chi connectivity index (χ1v) is 8.36. The van der Waals surface area contributed by atoms with Gasteiger partial charge in [0.1, 0.15) is 0 Å². The van der Waals surface area contributed by atoms with E-state index in [0.29, 0.717) is 6.54 Å². The number of aromatic nitrogens is 2. The van der Waals surface area contributed by atoms with E-state index < -0.39 is 11.0 Å². The molecule has 0 saturated heterocycles. The highest BCUT2D eigenvalue weighted by Crippen LogP contribution is 2.23. The number of hydrogen-bond acceptors (Lipinski definition) is 2. The van der Waals surface area contributed by atoms with E-state index in [-0.39, 0.29) is 0 Å². The molecule has 0 amide bonds. The van der Waals surface area contributed by atoms with Gasteiger partial charge >= 0.3 is 0 Å². The van der Waals surface area contributed by atoms with Crippen LogP contribution in [-0.2, 0) is 24.0 Å². The Morgan fingerprint density at radius 2 is 2.26 bits per heavy atom. The fourth-order valence-electron chi connectivity index (χ4n) is 2.36. The SMILES string of the molecule is CS(=O)N1CCc2c(cnn2-c2cccc(Br)c2)C1. The van der Waals surface area contributed by atoms with Crippen LogP contribution in [0.1, 0.15) is 11.3 Å². The number of hydrogen-bond donors (Lipinski definition) is 0. The lowest BCUT2D eigenvalue weighted by Crippen LogP contribution is -2.31. The number of benzene rings is 1. The molecule has 0 radical (unpaired) electrons. The summed E-state index contributed by atoms with van der Waals surface area (Å²) in [6, 6.07) is 8.10. The lowest BCUT2D eigenvalue weighted by molar-refractivity contribution is 0.418. The quantitative estimate of drug-likeness (QED) is 0.841. The standard InChI is InChI=1S/C13H14BrN3OS/c1-19(18)16-6-5-13-10(9-16)8-15-17(13)12-4-2-3-11(14)7-12/h2-4,7-8H,5-6,9H2,1H3. The Balaban J connectivity index is 1.97. The second-order valence-electron chi connectivity index (χ2n) is 4.55. The molecular weight excluding hydrogens is 326 g/mol. The summed E-state index contributed by atoms with van der Waals surface area (Å²) in [7, 11) is -0.909. The average molecular weight is 340 g/mol. The van der Waals surface area contributed by atoms with Gasteiger partial charge in [0, 0.05) is 35.8 Å². The Kier molecular flexibility index (Phi) is 3.56. The van der Waals surface area contributed by atoms with Gasteiger partial charge in [-0.1, -0.05) is 22.0 Å². The van der Waals surface area contributed by atoms with E-state index in [2.05, 4.69) is 27.1 Å². The molecule has 2 aromatic rings. The van der Waals surface area contributed by atoms with Gasteiger partial charge in [-0.15, -0.1) is 0 Å². The van der Waals surface area contributed by atoms with Crippen molar-refractivity contribution in [1.82, 2.24) is 14.1 Å². The maximum absolute atomic E-state index is 11.5. The lowest BCUT2D eigenvalue weighted by Gasteiger charge is -2.24. The molecule has 1 aliphatic heterocycles. The van der Waals surface area contributed by atoms with Crippen molar-refractivity contribution in [2.45, 2.75) is 13.0 Å². The van der Waals surface area contributed by atoms with Crippen molar-refractivity contribution in [2.24, 2.45) is 0 Å². The summed E-state index contributed by atoms with van der Waals surface area (Å²) in [6.07, 6.45) is 4.49. The van der Waals surface area contributed by atoms with Crippen molar-refractivity contribution in [3.8, 4) is 5.69 Å². The molecule has 19 heavy (non-hydrogen) atoms. The molecule has 0 fully saturated rings. The van der Waals surface area contributed by atoms with Gasteiger partial charge in [0.25, 0.3) is 0 Å². The van der Waals surface area contributed by atoms with E-state index in [4.69, 9.17) is 0 Å². The predicted octanol–water partition coefficient (Wildman–Crippen LogP) is 2.29. The van der Waals surface area contributed by atoms with Crippen molar-refractivity contribution in [1.29, 1.82) is 0 Å². The molecule has 1 aromatic carbocycles. The predicted molar refractivity (Wildman–Crippen MR) is 79.4 cm³/mol. The third kappa shape index (κ3) is 2.52. The van der Waals surface area contributed by atoms with Crippen molar-refractivity contribution in [3.63, 3.8) is 0 Å². The Hall–Kier alpha value is -0.980. The molecule has 1 unspecified atom stereocenters. The highest BCUT2D eigenvalue weighted by Gasteiger charge is 2.22. The summed E-state index contributed by atoms with van der Waals surface area (Å²) in [6.45, 7) is 1.53. The maximum Gasteiger partial charge on any atom is 0.0914 e. The minimum Gasteiger partial charge on any atom is -0.243 e. The van der Waals surface area contributed by atoms with Crippen molar-refractivity contribution < 1.29 is 4.21 Å². The van der Waals surface area contributed by atoms with Gasteiger partial charge in [-0.25, -0.2) is 13.2 Å². The largest absolute Gasteiger partial charge is 0.243 e. The monoisotopic (exact) mass is 339 g/mol. The molecule has 2 heterocycles. The van der Waals surface area contributed by atoms with Gasteiger partial charge in [-0.3, -0.25) is 0 Å². The van der Waals surface area contributed by atoms with E-state index in [0.717, 1.165) is 23.1 Å². The van der Waals surface area contributed by atoms with Crippen LogP contribution < -0.4 is 0 Å². The van der Waals surface area contributed by atoms with Gasteiger partial charge in [-0.2, -0.15) is 5.10 Å². The summed E-state index contributed by atoms with van der Waals surface area (Å²) in [5.41, 5.74) is 3.45. The normalized spacial score (nSPS) is 17.2. The zero-order chi connectivity index (χ0) is 13.4. The highest BCUT2D eigenvalue weighted by atomic mass is 79.9. The number of halogens is 1. The van der Waals surface area contributed by atoms with Crippen LogP contribution >= 0.6 is 15.9 Å². The molecule has 1 atom stereocenters. The van der Waals surface area contributed by atoms with Crippen LogP contribution in [-0.4, -0.2) is 31.1 Å². The second-order valence-corrected chi connectivity index (χ2v) is 6.83. The molecule has 0 spiro atoms. The minimum atomic E-state index is -0.909. The molecule has 0 aliphatic carbocycles. The molecule has 100 valence electrons. The molecule has 0 saturated carbocycles. The third-order valence-corrected chi connectivity index (χ3v) is 4.85. The summed E-state index contributed by atoms with van der Waals surface area (Å²) >= 11 is 3.48. The van der Waals surface area contributed by atoms with Gasteiger partial charge in [-0.05, 0) is 18.2 Å². The summed E-state index contributed by atoms with van der Waals surface area (Å²) in [4.78, 5) is 0. The first-order valence-electron chi connectivity index (χ1n) is 6.05. The molecule has 4 nitrogen and oxygen atoms in total. The molecule has 1 aliphatic rings. The Morgan fingerprint density at radius 1 is 1.42 bits per heavy atom. The highest BCUT2D eigenvalue weighted by molar-refractivity contribution is 9.10. The molecule has 0 N–H and O–H groups in total. The van der Waals surface area contributed by atoms with E-state index in [9.17, 15) is 4.21 Å². The number of rotatable bonds is 2. The topological polar surface area (TPSA) is 38.1 Å². The van der Waals surface area contributed by atoms with Gasteiger partial charge in [0.15, 0.2) is 0 Å². The zero-order valence-electron chi connectivity index (χ0n) is 10.5. The molecular formula is C13H14BrN3OS. The molecule has 0 bridgehead atoms. The summed E-state index contributed by atoms with van der Waals surface area (Å²) < 4.78 is 16.5. The first-order chi connectivity index (χ1) is 9.15. The van der Waals surface area contributed by atoms with Gasteiger partial charge in [0.2, 0.25) is 0 Å². The van der Waals surface area contributed by atoms with Crippen LogP contribution in [0.15, 0.2) is 34.9 Å².